The van der Waals surface area contributed by atoms with Gasteiger partial charge in [0.1, 0.15) is 0 Å². The summed E-state index contributed by atoms with van der Waals surface area (Å²) in [6.45, 7) is 1.53. The van der Waals surface area contributed by atoms with Crippen LogP contribution in [0.25, 0.3) is 0 Å². The molecule has 110 valence electrons. The number of nitrogens with one attached hydrogen (secondary N) is 2. The van der Waals surface area contributed by atoms with Crippen molar-refractivity contribution in [2.24, 2.45) is 0 Å². The first-order chi connectivity index (χ1) is 10.3. The second kappa shape index (κ2) is 6.53. The van der Waals surface area contributed by atoms with Crippen LogP contribution in [0.2, 0.25) is 0 Å². The van der Waals surface area contributed by atoms with Crippen molar-refractivity contribution in [2.45, 2.75) is 18.9 Å². The third-order valence-electron chi connectivity index (χ3n) is 3.44. The van der Waals surface area contributed by atoms with Crippen molar-refractivity contribution in [3.63, 3.8) is 0 Å². The number of hydrogen-bond donors (Lipinski definition) is 2. The van der Waals surface area contributed by atoms with Crippen molar-refractivity contribution >= 4 is 28.3 Å². The molecule has 0 bridgehead atoms. The highest BCUT2D eigenvalue weighted by molar-refractivity contribution is 7.14. The summed E-state index contributed by atoms with van der Waals surface area (Å²) in [4.78, 5) is 22.6. The standard InChI is InChI=1S/C14H17N5OS/c20-14(18-12-5-2-9-21-12)17-10-11-4-1-8-19(11)13-15-6-3-7-16-13/h2-3,5-7,9,11H,1,4,8,10H2,(H2,17,18,20). The van der Waals surface area contributed by atoms with Gasteiger partial charge in [-0.3, -0.25) is 5.32 Å². The van der Waals surface area contributed by atoms with Crippen molar-refractivity contribution < 1.29 is 4.79 Å². The number of amides is 2. The number of anilines is 2. The molecule has 1 atom stereocenters. The zero-order valence-electron chi connectivity index (χ0n) is 11.5. The maximum Gasteiger partial charge on any atom is 0.319 e. The molecule has 1 unspecified atom stereocenters. The van der Waals surface area contributed by atoms with Gasteiger partial charge in [-0.2, -0.15) is 0 Å². The minimum atomic E-state index is -0.168. The van der Waals surface area contributed by atoms with Crippen molar-refractivity contribution in [3.05, 3.63) is 36.0 Å². The topological polar surface area (TPSA) is 70.2 Å². The highest BCUT2D eigenvalue weighted by atomic mass is 32.1. The third-order valence-corrected chi connectivity index (χ3v) is 4.23. The van der Waals surface area contributed by atoms with Crippen LogP contribution in [-0.4, -0.2) is 35.1 Å². The summed E-state index contributed by atoms with van der Waals surface area (Å²) in [5.74, 6) is 0.737. The van der Waals surface area contributed by atoms with Crippen molar-refractivity contribution in [1.82, 2.24) is 15.3 Å². The van der Waals surface area contributed by atoms with E-state index in [-0.39, 0.29) is 12.1 Å². The predicted molar refractivity (Wildman–Crippen MR) is 83.7 cm³/mol. The van der Waals surface area contributed by atoms with Gasteiger partial charge in [-0.15, -0.1) is 11.3 Å². The Balaban J connectivity index is 1.53. The highest BCUT2D eigenvalue weighted by Gasteiger charge is 2.26. The highest BCUT2D eigenvalue weighted by Crippen LogP contribution is 2.21. The van der Waals surface area contributed by atoms with Crippen molar-refractivity contribution in [3.8, 4) is 0 Å². The van der Waals surface area contributed by atoms with E-state index in [1.165, 1.54) is 11.3 Å². The Morgan fingerprint density at radius 1 is 1.38 bits per heavy atom. The van der Waals surface area contributed by atoms with E-state index in [0.717, 1.165) is 30.3 Å². The zero-order chi connectivity index (χ0) is 14.5. The molecule has 21 heavy (non-hydrogen) atoms. The molecule has 1 fully saturated rings. The lowest BCUT2D eigenvalue weighted by Gasteiger charge is -2.24. The first-order valence-electron chi connectivity index (χ1n) is 6.95. The molecule has 0 spiro atoms. The van der Waals surface area contributed by atoms with Gasteiger partial charge >= 0.3 is 6.03 Å². The van der Waals surface area contributed by atoms with Crippen molar-refractivity contribution in [2.75, 3.05) is 23.3 Å². The summed E-state index contributed by atoms with van der Waals surface area (Å²) >= 11 is 1.50. The second-order valence-corrected chi connectivity index (χ2v) is 5.80. The first-order valence-corrected chi connectivity index (χ1v) is 7.83. The van der Waals surface area contributed by atoms with E-state index < -0.39 is 0 Å². The minimum Gasteiger partial charge on any atom is -0.336 e. The van der Waals surface area contributed by atoms with Gasteiger partial charge in [0, 0.05) is 31.5 Å². The smallest absolute Gasteiger partial charge is 0.319 e. The summed E-state index contributed by atoms with van der Waals surface area (Å²) in [5, 5.41) is 8.52. The molecule has 6 nitrogen and oxygen atoms in total. The maximum absolute atomic E-state index is 11.8. The van der Waals surface area contributed by atoms with Crippen LogP contribution < -0.4 is 15.5 Å². The van der Waals surface area contributed by atoms with E-state index in [1.807, 2.05) is 17.5 Å². The van der Waals surface area contributed by atoms with E-state index in [4.69, 9.17) is 0 Å². The lowest BCUT2D eigenvalue weighted by molar-refractivity contribution is 0.251. The number of urea groups is 1. The molecule has 0 aromatic carbocycles. The quantitative estimate of drug-likeness (QED) is 0.909. The van der Waals surface area contributed by atoms with Crippen LogP contribution in [0.5, 0.6) is 0 Å². The number of nitrogens with zero attached hydrogens (tertiary/aromatic N) is 3. The molecule has 2 amide bonds. The lowest BCUT2D eigenvalue weighted by Crippen LogP contribution is -2.42. The van der Waals surface area contributed by atoms with Crippen LogP contribution in [0.15, 0.2) is 36.0 Å². The van der Waals surface area contributed by atoms with Gasteiger partial charge in [0.05, 0.1) is 5.00 Å². The fourth-order valence-corrected chi connectivity index (χ4v) is 3.08. The van der Waals surface area contributed by atoms with Crippen LogP contribution in [0.4, 0.5) is 15.7 Å². The van der Waals surface area contributed by atoms with E-state index >= 15 is 0 Å². The van der Waals surface area contributed by atoms with E-state index in [2.05, 4.69) is 25.5 Å². The number of thiophene rings is 1. The number of carbonyl (C=O) groups excluding carboxylic acids is 1. The first kappa shape index (κ1) is 13.8. The Kier molecular flexibility index (Phi) is 4.30. The van der Waals surface area contributed by atoms with E-state index in [1.54, 1.807) is 18.5 Å². The molecule has 0 aliphatic carbocycles. The molecule has 3 heterocycles. The molecule has 7 heteroatoms. The molecule has 1 aliphatic heterocycles. The summed E-state index contributed by atoms with van der Waals surface area (Å²) in [5.41, 5.74) is 0. The Morgan fingerprint density at radius 3 is 3.00 bits per heavy atom. The molecule has 2 aromatic heterocycles. The zero-order valence-corrected chi connectivity index (χ0v) is 12.3. The second-order valence-electron chi connectivity index (χ2n) is 4.85. The number of aromatic nitrogens is 2. The Morgan fingerprint density at radius 2 is 2.24 bits per heavy atom. The summed E-state index contributed by atoms with van der Waals surface area (Å²) < 4.78 is 0. The fraction of sp³-hybridized carbons (Fsp3) is 0.357. The minimum absolute atomic E-state index is 0.168. The normalized spacial score (nSPS) is 17.7. The van der Waals surface area contributed by atoms with Crippen LogP contribution >= 0.6 is 11.3 Å². The van der Waals surface area contributed by atoms with Gasteiger partial charge in [-0.1, -0.05) is 0 Å². The molecular formula is C14H17N5OS. The van der Waals surface area contributed by atoms with Crippen molar-refractivity contribution in [1.29, 1.82) is 0 Å². The lowest BCUT2D eigenvalue weighted by atomic mass is 10.2. The summed E-state index contributed by atoms with van der Waals surface area (Å²) in [6.07, 6.45) is 5.62. The summed E-state index contributed by atoms with van der Waals surface area (Å²) in [6, 6.07) is 5.68. The third kappa shape index (κ3) is 3.49. The fourth-order valence-electron chi connectivity index (χ4n) is 2.47. The molecule has 2 N–H and O–H groups in total. The van der Waals surface area contributed by atoms with Crippen LogP contribution in [0, 0.1) is 0 Å². The van der Waals surface area contributed by atoms with E-state index in [9.17, 15) is 4.79 Å². The largest absolute Gasteiger partial charge is 0.336 e. The number of rotatable bonds is 4. The van der Waals surface area contributed by atoms with Gasteiger partial charge in [0.2, 0.25) is 5.95 Å². The van der Waals surface area contributed by atoms with Gasteiger partial charge in [0.25, 0.3) is 0 Å². The summed E-state index contributed by atoms with van der Waals surface area (Å²) in [7, 11) is 0. The molecule has 0 saturated carbocycles. The van der Waals surface area contributed by atoms with Crippen LogP contribution in [0.1, 0.15) is 12.8 Å². The van der Waals surface area contributed by atoms with Gasteiger partial charge in [-0.05, 0) is 36.4 Å². The Hall–Kier alpha value is -2.15. The van der Waals surface area contributed by atoms with Crippen LogP contribution in [-0.2, 0) is 0 Å². The molecule has 3 rings (SSSR count). The molecule has 1 saturated heterocycles. The monoisotopic (exact) mass is 303 g/mol. The van der Waals surface area contributed by atoms with Gasteiger partial charge in [-0.25, -0.2) is 14.8 Å². The number of carbonyl (C=O) groups is 1. The SMILES string of the molecule is O=C(NCC1CCCN1c1ncccn1)Nc1cccs1. The van der Waals surface area contributed by atoms with Gasteiger partial charge < -0.3 is 10.2 Å². The van der Waals surface area contributed by atoms with Crippen LogP contribution in [0.3, 0.4) is 0 Å². The Bertz CT molecular complexity index is 574. The number of hydrogen-bond acceptors (Lipinski definition) is 5. The molecule has 1 aliphatic rings. The molecule has 2 aromatic rings. The predicted octanol–water partition coefficient (Wildman–Crippen LogP) is 2.33. The maximum atomic E-state index is 11.8. The van der Waals surface area contributed by atoms with Gasteiger partial charge in [0.15, 0.2) is 0 Å². The van der Waals surface area contributed by atoms with E-state index in [0.29, 0.717) is 6.54 Å². The Labute approximate surface area is 127 Å². The molecular weight excluding hydrogens is 286 g/mol. The average Bonchev–Trinajstić information content (AvgIpc) is 3.17. The molecule has 0 radical (unpaired) electrons. The average molecular weight is 303 g/mol.